The van der Waals surface area contributed by atoms with Crippen molar-refractivity contribution in [2.24, 2.45) is 0 Å². The molecule has 0 radical (unpaired) electrons. The van der Waals surface area contributed by atoms with E-state index >= 15 is 0 Å². The zero-order chi connectivity index (χ0) is 25.7. The highest BCUT2D eigenvalue weighted by atomic mass is 79.9. The van der Waals surface area contributed by atoms with Crippen LogP contribution in [0.2, 0.25) is 0 Å². The van der Waals surface area contributed by atoms with Crippen LogP contribution < -0.4 is 32.9 Å². The first-order valence-electron chi connectivity index (χ1n) is 12.5. The van der Waals surface area contributed by atoms with Crippen molar-refractivity contribution >= 4 is 29.1 Å². The number of benzene rings is 4. The minimum atomic E-state index is -2.25. The summed E-state index contributed by atoms with van der Waals surface area (Å²) >= 11 is 0. The van der Waals surface area contributed by atoms with Crippen LogP contribution in [0.15, 0.2) is 126 Å². The number of hydrogen-bond donors (Lipinski definition) is 0. The van der Waals surface area contributed by atoms with E-state index < -0.39 is 7.26 Å². The summed E-state index contributed by atoms with van der Waals surface area (Å²) in [7, 11) is -2.25. The molecular formula is C33H30BrO3P. The summed E-state index contributed by atoms with van der Waals surface area (Å²) in [6.07, 6.45) is 2.27. The van der Waals surface area contributed by atoms with Crippen LogP contribution in [-0.2, 0) is 10.9 Å². The van der Waals surface area contributed by atoms with Gasteiger partial charge in [0.1, 0.15) is 34.9 Å². The molecule has 0 atom stereocenters. The predicted molar refractivity (Wildman–Crippen MR) is 154 cm³/mol. The Morgan fingerprint density at radius 1 is 0.737 bits per heavy atom. The van der Waals surface area contributed by atoms with Crippen molar-refractivity contribution < 1.29 is 30.9 Å². The van der Waals surface area contributed by atoms with Gasteiger partial charge in [0.05, 0.1) is 12.9 Å². The maximum absolute atomic E-state index is 13.4. The van der Waals surface area contributed by atoms with E-state index in [2.05, 4.69) is 79.7 Å². The molecule has 1 aromatic heterocycles. The van der Waals surface area contributed by atoms with Gasteiger partial charge in [-0.2, -0.15) is 0 Å². The van der Waals surface area contributed by atoms with Gasteiger partial charge in [0.25, 0.3) is 0 Å². The summed E-state index contributed by atoms with van der Waals surface area (Å²) in [5.41, 5.74) is 3.37. The summed E-state index contributed by atoms with van der Waals surface area (Å²) in [6.45, 7) is 4.18. The van der Waals surface area contributed by atoms with Gasteiger partial charge in [-0.25, -0.2) is 4.79 Å². The van der Waals surface area contributed by atoms with Crippen molar-refractivity contribution in [3.63, 3.8) is 0 Å². The number of furan rings is 1. The SMILES string of the molecule is CCOC(=O)c1c(-c2ccc(C)cc2)coc1C[P+](c1ccccc1)(c1ccccc1)c1ccccc1.[Br-]. The quantitative estimate of drug-likeness (QED) is 0.205. The second-order valence-electron chi connectivity index (χ2n) is 9.01. The molecule has 0 aliphatic carbocycles. The van der Waals surface area contributed by atoms with Gasteiger partial charge in [0.15, 0.2) is 5.76 Å². The normalized spacial score (nSPS) is 11.0. The average Bonchev–Trinajstić information content (AvgIpc) is 3.37. The van der Waals surface area contributed by atoms with Gasteiger partial charge in [-0.1, -0.05) is 84.4 Å². The molecule has 5 heteroatoms. The van der Waals surface area contributed by atoms with Crippen LogP contribution in [0.5, 0.6) is 0 Å². The topological polar surface area (TPSA) is 39.4 Å². The van der Waals surface area contributed by atoms with Crippen molar-refractivity contribution in [1.29, 1.82) is 0 Å². The van der Waals surface area contributed by atoms with Crippen LogP contribution in [-0.4, -0.2) is 12.6 Å². The van der Waals surface area contributed by atoms with Crippen LogP contribution >= 0.6 is 7.26 Å². The lowest BCUT2D eigenvalue weighted by Gasteiger charge is -2.27. The molecule has 5 aromatic rings. The van der Waals surface area contributed by atoms with E-state index in [9.17, 15) is 4.79 Å². The zero-order valence-corrected chi connectivity index (χ0v) is 24.0. The highest BCUT2D eigenvalue weighted by Crippen LogP contribution is 2.59. The first kappa shape index (κ1) is 27.6. The minimum absolute atomic E-state index is 0. The molecule has 0 aliphatic heterocycles. The third-order valence-corrected chi connectivity index (χ3v) is 11.0. The number of aryl methyl sites for hydroxylation is 1. The van der Waals surface area contributed by atoms with Gasteiger partial charge >= 0.3 is 5.97 Å². The standard InChI is InChI=1S/C33H30O3P.BrH/c1-3-35-33(34)32-30(26-21-19-25(2)20-22-26)23-36-31(32)24-37(27-13-7-4-8-14-27,28-15-9-5-10-16-28)29-17-11-6-12-18-29;/h4-23H,3,24H2,1-2H3;1H/q+1;/p-1. The molecule has 0 spiro atoms. The minimum Gasteiger partial charge on any atom is -1.00 e. The van der Waals surface area contributed by atoms with Crippen molar-refractivity contribution in [2.45, 2.75) is 20.0 Å². The maximum Gasteiger partial charge on any atom is 0.342 e. The Bertz CT molecular complexity index is 1370. The van der Waals surface area contributed by atoms with E-state index in [1.807, 2.05) is 49.4 Å². The van der Waals surface area contributed by atoms with Gasteiger partial charge in [-0.15, -0.1) is 0 Å². The molecule has 0 saturated carbocycles. The van der Waals surface area contributed by atoms with Gasteiger partial charge in [-0.3, -0.25) is 0 Å². The fourth-order valence-electron chi connectivity index (χ4n) is 4.87. The predicted octanol–water partition coefficient (Wildman–Crippen LogP) is 3.93. The van der Waals surface area contributed by atoms with Gasteiger partial charge in [0, 0.05) is 5.56 Å². The first-order valence-corrected chi connectivity index (χ1v) is 14.5. The average molecular weight is 585 g/mol. The third kappa shape index (κ3) is 5.38. The molecule has 192 valence electrons. The molecule has 1 heterocycles. The third-order valence-electron chi connectivity index (χ3n) is 6.68. The molecule has 0 unspecified atom stereocenters. The Hall–Kier alpha value is -3.46. The number of halogens is 1. The molecule has 0 N–H and O–H groups in total. The molecule has 0 amide bonds. The molecule has 4 aromatic carbocycles. The Kier molecular flexibility index (Phi) is 8.99. The molecule has 5 rings (SSSR count). The largest absolute Gasteiger partial charge is 1.00 e. The van der Waals surface area contributed by atoms with Crippen molar-refractivity contribution in [3.8, 4) is 11.1 Å². The van der Waals surface area contributed by atoms with Crippen molar-refractivity contribution in [2.75, 3.05) is 6.61 Å². The molecule has 38 heavy (non-hydrogen) atoms. The number of hydrogen-bond acceptors (Lipinski definition) is 3. The van der Waals surface area contributed by atoms with Gasteiger partial charge in [0.2, 0.25) is 0 Å². The van der Waals surface area contributed by atoms with E-state index in [4.69, 9.17) is 9.15 Å². The van der Waals surface area contributed by atoms with E-state index in [1.165, 1.54) is 15.9 Å². The summed E-state index contributed by atoms with van der Waals surface area (Å²) in [6, 6.07) is 40.0. The zero-order valence-electron chi connectivity index (χ0n) is 21.5. The fraction of sp³-hybridized carbons (Fsp3) is 0.121. The summed E-state index contributed by atoms with van der Waals surface area (Å²) in [4.78, 5) is 13.4. The van der Waals surface area contributed by atoms with E-state index in [-0.39, 0.29) is 23.0 Å². The van der Waals surface area contributed by atoms with Gasteiger partial charge < -0.3 is 26.1 Å². The number of ether oxygens (including phenoxy) is 1. The Morgan fingerprint density at radius 2 is 1.21 bits per heavy atom. The molecule has 0 aliphatic rings. The van der Waals surface area contributed by atoms with Crippen LogP contribution in [0, 0.1) is 6.92 Å². The smallest absolute Gasteiger partial charge is 0.342 e. The van der Waals surface area contributed by atoms with Crippen LogP contribution in [0.25, 0.3) is 11.1 Å². The van der Waals surface area contributed by atoms with Gasteiger partial charge in [-0.05, 0) is 55.8 Å². The molecule has 3 nitrogen and oxygen atoms in total. The van der Waals surface area contributed by atoms with E-state index in [0.717, 1.165) is 16.7 Å². The summed E-state index contributed by atoms with van der Waals surface area (Å²) in [5.74, 6) is 0.299. The fourth-order valence-corrected chi connectivity index (χ4v) is 9.02. The van der Waals surface area contributed by atoms with Crippen molar-refractivity contribution in [3.05, 3.63) is 138 Å². The highest BCUT2D eigenvalue weighted by Gasteiger charge is 2.47. The van der Waals surface area contributed by atoms with E-state index in [0.29, 0.717) is 24.1 Å². The number of carbonyl (C=O) groups is 1. The van der Waals surface area contributed by atoms with Crippen LogP contribution in [0.1, 0.15) is 28.6 Å². The molecule has 0 bridgehead atoms. The second kappa shape index (κ2) is 12.4. The van der Waals surface area contributed by atoms with Crippen LogP contribution in [0.3, 0.4) is 0 Å². The number of carbonyl (C=O) groups excluding carboxylic acids is 1. The number of esters is 1. The van der Waals surface area contributed by atoms with Crippen LogP contribution in [0.4, 0.5) is 0 Å². The lowest BCUT2D eigenvalue weighted by molar-refractivity contribution is -0.0000264. The Morgan fingerprint density at radius 3 is 1.66 bits per heavy atom. The van der Waals surface area contributed by atoms with Crippen molar-refractivity contribution in [1.82, 2.24) is 0 Å². The molecular weight excluding hydrogens is 555 g/mol. The lowest BCUT2D eigenvalue weighted by atomic mass is 10.0. The van der Waals surface area contributed by atoms with E-state index in [1.54, 1.807) is 6.26 Å². The summed E-state index contributed by atoms with van der Waals surface area (Å²) < 4.78 is 11.9. The number of rotatable bonds is 8. The molecule has 0 saturated heterocycles. The Labute approximate surface area is 235 Å². The first-order chi connectivity index (χ1) is 18.1. The lowest BCUT2D eigenvalue weighted by Crippen LogP contribution is -3.00. The monoisotopic (exact) mass is 584 g/mol. The Balaban J connectivity index is 0.00000336. The maximum atomic E-state index is 13.4. The highest BCUT2D eigenvalue weighted by molar-refractivity contribution is 7.95. The second-order valence-corrected chi connectivity index (χ2v) is 12.5. The summed E-state index contributed by atoms with van der Waals surface area (Å²) in [5, 5.41) is 3.70. The molecule has 0 fully saturated rings.